The fraction of sp³-hybridized carbons (Fsp3) is 0. The summed E-state index contributed by atoms with van der Waals surface area (Å²) in [6.45, 7) is 0. The van der Waals surface area contributed by atoms with Crippen molar-refractivity contribution in [3.8, 4) is 0 Å². The van der Waals surface area contributed by atoms with Crippen LogP contribution in [0, 0.1) is 0 Å². The van der Waals surface area contributed by atoms with Crippen molar-refractivity contribution in [2.24, 2.45) is 0 Å². The molecule has 0 atom stereocenters. The predicted octanol–water partition coefficient (Wildman–Crippen LogP) is 4.44. The standard InChI is InChI=1S/C11H6Cl2O3S/c12-7-1-2-8(13)9(4-7)17-10-3-6(5-16-10)11(14)15/h1-5H,(H,14,15). The fourth-order valence-corrected chi connectivity index (χ4v) is 2.47. The predicted molar refractivity (Wildman–Crippen MR) is 66.3 cm³/mol. The molecule has 1 heterocycles. The summed E-state index contributed by atoms with van der Waals surface area (Å²) in [5.41, 5.74) is 0.102. The molecule has 0 aliphatic heterocycles. The van der Waals surface area contributed by atoms with Gasteiger partial charge in [-0.2, -0.15) is 0 Å². The molecule has 0 saturated heterocycles. The van der Waals surface area contributed by atoms with Crippen LogP contribution in [0.15, 0.2) is 44.9 Å². The quantitative estimate of drug-likeness (QED) is 0.907. The van der Waals surface area contributed by atoms with Gasteiger partial charge in [0.05, 0.1) is 10.6 Å². The van der Waals surface area contributed by atoms with Crippen molar-refractivity contribution < 1.29 is 14.3 Å². The first-order valence-corrected chi connectivity index (χ1v) is 6.08. The van der Waals surface area contributed by atoms with Crippen molar-refractivity contribution in [2.75, 3.05) is 0 Å². The van der Waals surface area contributed by atoms with E-state index in [2.05, 4.69) is 0 Å². The van der Waals surface area contributed by atoms with Gasteiger partial charge in [0.2, 0.25) is 0 Å². The molecule has 0 amide bonds. The Morgan fingerprint density at radius 1 is 1.29 bits per heavy atom. The Morgan fingerprint density at radius 2 is 2.06 bits per heavy atom. The molecule has 0 radical (unpaired) electrons. The molecule has 0 saturated carbocycles. The summed E-state index contributed by atoms with van der Waals surface area (Å²) in [4.78, 5) is 11.4. The van der Waals surface area contributed by atoms with E-state index in [0.717, 1.165) is 0 Å². The number of carbonyl (C=O) groups is 1. The van der Waals surface area contributed by atoms with Crippen LogP contribution in [0.1, 0.15) is 10.4 Å². The molecule has 88 valence electrons. The molecule has 1 aromatic carbocycles. The molecule has 0 unspecified atom stereocenters. The minimum atomic E-state index is -1.03. The van der Waals surface area contributed by atoms with Crippen molar-refractivity contribution in [3.63, 3.8) is 0 Å². The highest BCUT2D eigenvalue weighted by Gasteiger charge is 2.11. The number of benzene rings is 1. The van der Waals surface area contributed by atoms with Gasteiger partial charge in [-0.3, -0.25) is 0 Å². The van der Waals surface area contributed by atoms with E-state index in [1.165, 1.54) is 24.1 Å². The highest BCUT2D eigenvalue weighted by atomic mass is 35.5. The number of aromatic carboxylic acids is 1. The van der Waals surface area contributed by atoms with Gasteiger partial charge in [-0.15, -0.1) is 0 Å². The zero-order valence-electron chi connectivity index (χ0n) is 8.31. The molecule has 2 aromatic rings. The van der Waals surface area contributed by atoms with Gasteiger partial charge in [0.15, 0.2) is 5.09 Å². The minimum Gasteiger partial charge on any atom is -0.478 e. The Morgan fingerprint density at radius 3 is 2.71 bits per heavy atom. The number of carboxylic acids is 1. The van der Waals surface area contributed by atoms with Gasteiger partial charge in [0, 0.05) is 16.0 Å². The van der Waals surface area contributed by atoms with Crippen molar-refractivity contribution in [3.05, 3.63) is 46.1 Å². The van der Waals surface area contributed by atoms with Crippen LogP contribution in [0.2, 0.25) is 10.0 Å². The monoisotopic (exact) mass is 288 g/mol. The number of carboxylic acid groups (broad SMARTS) is 1. The first-order chi connectivity index (χ1) is 8.06. The molecule has 1 aromatic heterocycles. The smallest absolute Gasteiger partial charge is 0.339 e. The van der Waals surface area contributed by atoms with Gasteiger partial charge in [0.1, 0.15) is 6.26 Å². The molecule has 1 N–H and O–H groups in total. The van der Waals surface area contributed by atoms with Crippen LogP contribution in [-0.2, 0) is 0 Å². The molecule has 0 spiro atoms. The van der Waals surface area contributed by atoms with Crippen LogP contribution >= 0.6 is 35.0 Å². The Kier molecular flexibility index (Phi) is 3.66. The van der Waals surface area contributed by atoms with Crippen molar-refractivity contribution in [1.82, 2.24) is 0 Å². The summed E-state index contributed by atoms with van der Waals surface area (Å²) in [6.07, 6.45) is 1.18. The van der Waals surface area contributed by atoms with Gasteiger partial charge in [-0.25, -0.2) is 4.79 Å². The van der Waals surface area contributed by atoms with Crippen LogP contribution in [0.25, 0.3) is 0 Å². The maximum Gasteiger partial charge on any atom is 0.339 e. The molecule has 3 nitrogen and oxygen atoms in total. The van der Waals surface area contributed by atoms with Crippen molar-refractivity contribution >= 4 is 40.9 Å². The number of hydrogen-bond donors (Lipinski definition) is 1. The number of halogens is 2. The molecule has 0 aliphatic rings. The van der Waals surface area contributed by atoms with Crippen LogP contribution in [-0.4, -0.2) is 11.1 Å². The second-order valence-corrected chi connectivity index (χ2v) is 5.03. The van der Waals surface area contributed by atoms with Gasteiger partial charge in [-0.1, -0.05) is 35.0 Å². The largest absolute Gasteiger partial charge is 0.478 e. The summed E-state index contributed by atoms with van der Waals surface area (Å²) >= 11 is 13.0. The van der Waals surface area contributed by atoms with Gasteiger partial charge in [-0.05, 0) is 18.2 Å². The van der Waals surface area contributed by atoms with Crippen LogP contribution in [0.5, 0.6) is 0 Å². The molecule has 17 heavy (non-hydrogen) atoms. The molecule has 0 aliphatic carbocycles. The highest BCUT2D eigenvalue weighted by Crippen LogP contribution is 2.35. The normalized spacial score (nSPS) is 10.5. The fourth-order valence-electron chi connectivity index (χ4n) is 1.15. The summed E-state index contributed by atoms with van der Waals surface area (Å²) in [6, 6.07) is 6.48. The van der Waals surface area contributed by atoms with Gasteiger partial charge >= 0.3 is 5.97 Å². The summed E-state index contributed by atoms with van der Waals surface area (Å²) in [7, 11) is 0. The molecule has 0 fully saturated rings. The first-order valence-electron chi connectivity index (χ1n) is 4.51. The van der Waals surface area contributed by atoms with Gasteiger partial charge in [0.25, 0.3) is 0 Å². The Balaban J connectivity index is 2.25. The van der Waals surface area contributed by atoms with Crippen LogP contribution < -0.4 is 0 Å². The maximum absolute atomic E-state index is 10.7. The second-order valence-electron chi connectivity index (χ2n) is 3.14. The zero-order valence-corrected chi connectivity index (χ0v) is 10.6. The van der Waals surface area contributed by atoms with E-state index in [1.54, 1.807) is 18.2 Å². The minimum absolute atomic E-state index is 0.102. The maximum atomic E-state index is 10.7. The molecule has 6 heteroatoms. The molecular formula is C11H6Cl2O3S. The molecule has 0 bridgehead atoms. The lowest BCUT2D eigenvalue weighted by molar-refractivity contribution is 0.0696. The SMILES string of the molecule is O=C(O)c1coc(Sc2cc(Cl)ccc2Cl)c1. The Hall–Kier alpha value is -1.10. The zero-order chi connectivity index (χ0) is 12.4. The Labute approximate surface area is 111 Å². The van der Waals surface area contributed by atoms with E-state index in [9.17, 15) is 4.79 Å². The second kappa shape index (κ2) is 5.04. The average Bonchev–Trinajstić information content (AvgIpc) is 2.72. The summed E-state index contributed by atoms with van der Waals surface area (Å²) in [5.74, 6) is -1.03. The van der Waals surface area contributed by atoms with Crippen LogP contribution in [0.3, 0.4) is 0 Å². The number of hydrogen-bond acceptors (Lipinski definition) is 3. The van der Waals surface area contributed by atoms with E-state index in [-0.39, 0.29) is 5.56 Å². The lowest BCUT2D eigenvalue weighted by Gasteiger charge is -2.01. The third-order valence-electron chi connectivity index (χ3n) is 1.93. The van der Waals surface area contributed by atoms with E-state index in [4.69, 9.17) is 32.7 Å². The van der Waals surface area contributed by atoms with Crippen molar-refractivity contribution in [1.29, 1.82) is 0 Å². The van der Waals surface area contributed by atoms with Gasteiger partial charge < -0.3 is 9.52 Å². The van der Waals surface area contributed by atoms with Crippen LogP contribution in [0.4, 0.5) is 0 Å². The topological polar surface area (TPSA) is 50.4 Å². The van der Waals surface area contributed by atoms with E-state index in [0.29, 0.717) is 20.0 Å². The highest BCUT2D eigenvalue weighted by molar-refractivity contribution is 7.99. The average molecular weight is 289 g/mol. The lowest BCUT2D eigenvalue weighted by atomic mass is 10.4. The number of rotatable bonds is 3. The number of furan rings is 1. The third-order valence-corrected chi connectivity index (χ3v) is 3.58. The molecular weight excluding hydrogens is 283 g/mol. The summed E-state index contributed by atoms with van der Waals surface area (Å²) < 4.78 is 5.11. The van der Waals surface area contributed by atoms with E-state index < -0.39 is 5.97 Å². The van der Waals surface area contributed by atoms with E-state index in [1.807, 2.05) is 0 Å². The Bertz CT molecular complexity index is 566. The van der Waals surface area contributed by atoms with Crippen molar-refractivity contribution in [2.45, 2.75) is 9.99 Å². The lowest BCUT2D eigenvalue weighted by Crippen LogP contribution is -1.91. The third kappa shape index (κ3) is 2.97. The summed E-state index contributed by atoms with van der Waals surface area (Å²) in [5, 5.41) is 10.3. The van der Waals surface area contributed by atoms with E-state index >= 15 is 0 Å². The first kappa shape index (κ1) is 12.4. The molecule has 2 rings (SSSR count).